The minimum Gasteiger partial charge on any atom is -0.385 e. The average Bonchev–Trinajstić information content (AvgIpc) is 2.72. The Hall–Kier alpha value is -1.02. The number of hydrogen-bond acceptors (Lipinski definition) is 2. The molecular weight excluding hydrogens is 174 g/mol. The number of hydrogen-bond donors (Lipinski definition) is 1. The number of rotatable bonds is 4. The molecule has 1 N–H and O–H groups in total. The molecule has 1 aliphatic rings. The van der Waals surface area contributed by atoms with Crippen LogP contribution in [0.1, 0.15) is 19.3 Å². The van der Waals surface area contributed by atoms with E-state index < -0.39 is 0 Å². The van der Waals surface area contributed by atoms with E-state index in [2.05, 4.69) is 29.6 Å². The van der Waals surface area contributed by atoms with Crippen LogP contribution in [0.3, 0.4) is 0 Å². The third-order valence-corrected chi connectivity index (χ3v) is 2.59. The Morgan fingerprint density at radius 1 is 1.29 bits per heavy atom. The molecule has 0 amide bonds. The van der Waals surface area contributed by atoms with Crippen molar-refractivity contribution in [3.05, 3.63) is 30.3 Å². The van der Waals surface area contributed by atoms with Gasteiger partial charge < -0.3 is 10.1 Å². The molecule has 1 fully saturated rings. The lowest BCUT2D eigenvalue weighted by molar-refractivity contribution is 0.107. The molecule has 14 heavy (non-hydrogen) atoms. The van der Waals surface area contributed by atoms with Gasteiger partial charge in [0.2, 0.25) is 0 Å². The highest BCUT2D eigenvalue weighted by atomic mass is 16.5. The molecule has 0 spiro atoms. The monoisotopic (exact) mass is 191 g/mol. The molecule has 1 aromatic rings. The Balaban J connectivity index is 1.67. The van der Waals surface area contributed by atoms with Gasteiger partial charge in [-0.15, -0.1) is 0 Å². The number of ether oxygens (including phenoxy) is 1. The van der Waals surface area contributed by atoms with Crippen LogP contribution in [-0.2, 0) is 4.74 Å². The molecule has 1 aliphatic heterocycles. The van der Waals surface area contributed by atoms with Gasteiger partial charge in [-0.05, 0) is 31.4 Å². The summed E-state index contributed by atoms with van der Waals surface area (Å²) in [4.78, 5) is 0. The van der Waals surface area contributed by atoms with E-state index in [1.165, 1.54) is 18.5 Å². The van der Waals surface area contributed by atoms with E-state index in [4.69, 9.17) is 4.74 Å². The summed E-state index contributed by atoms with van der Waals surface area (Å²) >= 11 is 0. The summed E-state index contributed by atoms with van der Waals surface area (Å²) in [6, 6.07) is 10.3. The molecule has 2 nitrogen and oxygen atoms in total. The van der Waals surface area contributed by atoms with Crippen LogP contribution in [0.2, 0.25) is 0 Å². The topological polar surface area (TPSA) is 21.3 Å². The molecule has 1 unspecified atom stereocenters. The van der Waals surface area contributed by atoms with E-state index >= 15 is 0 Å². The van der Waals surface area contributed by atoms with E-state index in [0.29, 0.717) is 6.10 Å². The van der Waals surface area contributed by atoms with Gasteiger partial charge in [-0.1, -0.05) is 18.2 Å². The van der Waals surface area contributed by atoms with Crippen LogP contribution in [0.4, 0.5) is 5.69 Å². The van der Waals surface area contributed by atoms with Crippen molar-refractivity contribution in [2.75, 3.05) is 18.5 Å². The highest BCUT2D eigenvalue weighted by Gasteiger charge is 2.14. The Labute approximate surface area is 85.3 Å². The lowest BCUT2D eigenvalue weighted by Gasteiger charge is -2.10. The smallest absolute Gasteiger partial charge is 0.0592 e. The molecule has 1 saturated heterocycles. The summed E-state index contributed by atoms with van der Waals surface area (Å²) in [6.45, 7) is 1.96. The minimum absolute atomic E-state index is 0.492. The molecular formula is C12H17NO. The van der Waals surface area contributed by atoms with Gasteiger partial charge in [0.05, 0.1) is 6.10 Å². The van der Waals surface area contributed by atoms with Crippen molar-refractivity contribution in [2.24, 2.45) is 0 Å². The fourth-order valence-electron chi connectivity index (χ4n) is 1.81. The first kappa shape index (κ1) is 9.53. The van der Waals surface area contributed by atoms with E-state index in [-0.39, 0.29) is 0 Å². The fraction of sp³-hybridized carbons (Fsp3) is 0.500. The van der Waals surface area contributed by atoms with E-state index in [1.807, 2.05) is 6.07 Å². The molecule has 1 aromatic carbocycles. The first-order valence-electron chi connectivity index (χ1n) is 5.36. The fourth-order valence-corrected chi connectivity index (χ4v) is 1.81. The van der Waals surface area contributed by atoms with Gasteiger partial charge >= 0.3 is 0 Å². The Morgan fingerprint density at radius 2 is 2.14 bits per heavy atom. The van der Waals surface area contributed by atoms with Crippen LogP contribution in [0.25, 0.3) is 0 Å². The maximum Gasteiger partial charge on any atom is 0.0592 e. The van der Waals surface area contributed by atoms with E-state index in [1.54, 1.807) is 0 Å². The largest absolute Gasteiger partial charge is 0.385 e. The Kier molecular flexibility index (Phi) is 3.41. The van der Waals surface area contributed by atoms with Gasteiger partial charge in [-0.25, -0.2) is 0 Å². The molecule has 76 valence electrons. The quantitative estimate of drug-likeness (QED) is 0.790. The molecule has 0 aromatic heterocycles. The van der Waals surface area contributed by atoms with Crippen molar-refractivity contribution in [3.63, 3.8) is 0 Å². The van der Waals surface area contributed by atoms with Crippen molar-refractivity contribution in [2.45, 2.75) is 25.4 Å². The molecule has 1 heterocycles. The van der Waals surface area contributed by atoms with Gasteiger partial charge in [-0.2, -0.15) is 0 Å². The van der Waals surface area contributed by atoms with Crippen molar-refractivity contribution < 1.29 is 4.74 Å². The van der Waals surface area contributed by atoms with Crippen molar-refractivity contribution >= 4 is 5.69 Å². The number of para-hydroxylation sites is 1. The SMILES string of the molecule is c1ccc(NCCC2CCCO2)cc1. The minimum atomic E-state index is 0.492. The normalized spacial score (nSPS) is 21.0. The zero-order valence-corrected chi connectivity index (χ0v) is 8.41. The zero-order chi connectivity index (χ0) is 9.64. The highest BCUT2D eigenvalue weighted by Crippen LogP contribution is 2.15. The van der Waals surface area contributed by atoms with Crippen LogP contribution in [0, 0.1) is 0 Å². The maximum absolute atomic E-state index is 5.55. The molecule has 0 bridgehead atoms. The maximum atomic E-state index is 5.55. The first-order chi connectivity index (χ1) is 6.95. The Bertz CT molecular complexity index is 254. The van der Waals surface area contributed by atoms with Gasteiger partial charge in [-0.3, -0.25) is 0 Å². The lowest BCUT2D eigenvalue weighted by atomic mass is 10.2. The van der Waals surface area contributed by atoms with Crippen LogP contribution < -0.4 is 5.32 Å². The van der Waals surface area contributed by atoms with Crippen LogP contribution in [0.15, 0.2) is 30.3 Å². The van der Waals surface area contributed by atoms with Crippen molar-refractivity contribution in [3.8, 4) is 0 Å². The van der Waals surface area contributed by atoms with Gasteiger partial charge in [0.25, 0.3) is 0 Å². The number of anilines is 1. The summed E-state index contributed by atoms with van der Waals surface area (Å²) < 4.78 is 5.55. The van der Waals surface area contributed by atoms with Crippen molar-refractivity contribution in [1.29, 1.82) is 0 Å². The number of benzene rings is 1. The van der Waals surface area contributed by atoms with Crippen LogP contribution >= 0.6 is 0 Å². The molecule has 0 saturated carbocycles. The van der Waals surface area contributed by atoms with E-state index in [0.717, 1.165) is 19.6 Å². The molecule has 2 rings (SSSR count). The number of nitrogens with one attached hydrogen (secondary N) is 1. The highest BCUT2D eigenvalue weighted by molar-refractivity contribution is 5.42. The zero-order valence-electron chi connectivity index (χ0n) is 8.41. The second kappa shape index (κ2) is 5.01. The first-order valence-corrected chi connectivity index (χ1v) is 5.36. The predicted octanol–water partition coefficient (Wildman–Crippen LogP) is 2.67. The third-order valence-electron chi connectivity index (χ3n) is 2.59. The second-order valence-corrected chi connectivity index (χ2v) is 3.72. The molecule has 2 heteroatoms. The van der Waals surface area contributed by atoms with E-state index in [9.17, 15) is 0 Å². The summed E-state index contributed by atoms with van der Waals surface area (Å²) in [5.74, 6) is 0. The summed E-state index contributed by atoms with van der Waals surface area (Å²) in [7, 11) is 0. The lowest BCUT2D eigenvalue weighted by Crippen LogP contribution is -2.12. The standard InChI is InChI=1S/C12H17NO/c1-2-5-11(6-3-1)13-9-8-12-7-4-10-14-12/h1-3,5-6,12-13H,4,7-10H2. The van der Waals surface area contributed by atoms with Crippen molar-refractivity contribution in [1.82, 2.24) is 0 Å². The van der Waals surface area contributed by atoms with Gasteiger partial charge in [0.15, 0.2) is 0 Å². The predicted molar refractivity (Wildman–Crippen MR) is 58.5 cm³/mol. The van der Waals surface area contributed by atoms with Crippen LogP contribution in [-0.4, -0.2) is 19.3 Å². The summed E-state index contributed by atoms with van der Waals surface area (Å²) in [5, 5.41) is 3.39. The molecule has 0 aliphatic carbocycles. The molecule has 0 radical (unpaired) electrons. The Morgan fingerprint density at radius 3 is 2.86 bits per heavy atom. The molecule has 1 atom stereocenters. The van der Waals surface area contributed by atoms with Gasteiger partial charge in [0, 0.05) is 18.8 Å². The summed E-state index contributed by atoms with van der Waals surface area (Å²) in [5.41, 5.74) is 1.20. The second-order valence-electron chi connectivity index (χ2n) is 3.72. The van der Waals surface area contributed by atoms with Gasteiger partial charge in [0.1, 0.15) is 0 Å². The summed E-state index contributed by atoms with van der Waals surface area (Å²) in [6.07, 6.45) is 4.08. The van der Waals surface area contributed by atoms with Crippen LogP contribution in [0.5, 0.6) is 0 Å². The third kappa shape index (κ3) is 2.74. The average molecular weight is 191 g/mol.